The Hall–Kier alpha value is -0.420. The van der Waals surface area contributed by atoms with Gasteiger partial charge in [-0.2, -0.15) is 0 Å². The molecular weight excluding hydrogens is 258 g/mol. The summed E-state index contributed by atoms with van der Waals surface area (Å²) in [5, 5.41) is 12.2. The standard InChI is InChI=1S/C15H25NO2S/c1-11(2)9-18-10-13(17)8-16-6-4-15-14(12(16)3)5-7-19-15/h5,7,11-13,17H,4,6,8-10H2,1-3H3/t12-,13+/m1/s1. The Kier molecular flexibility index (Phi) is 5.39. The molecule has 4 heteroatoms. The molecule has 19 heavy (non-hydrogen) atoms. The lowest BCUT2D eigenvalue weighted by Crippen LogP contribution is -2.40. The summed E-state index contributed by atoms with van der Waals surface area (Å²) in [7, 11) is 0. The van der Waals surface area contributed by atoms with Gasteiger partial charge in [-0.15, -0.1) is 11.3 Å². The van der Waals surface area contributed by atoms with Gasteiger partial charge in [-0.1, -0.05) is 13.8 Å². The van der Waals surface area contributed by atoms with Crippen LogP contribution in [0, 0.1) is 5.92 Å². The highest BCUT2D eigenvalue weighted by Gasteiger charge is 2.26. The summed E-state index contributed by atoms with van der Waals surface area (Å²) in [6.45, 7) is 9.38. The summed E-state index contributed by atoms with van der Waals surface area (Å²) in [6, 6.07) is 2.63. The van der Waals surface area contributed by atoms with Gasteiger partial charge in [-0.3, -0.25) is 4.90 Å². The first-order chi connectivity index (χ1) is 9.08. The normalized spacial score (nSPS) is 21.6. The smallest absolute Gasteiger partial charge is 0.0900 e. The molecule has 0 saturated carbocycles. The Morgan fingerprint density at radius 1 is 1.47 bits per heavy atom. The minimum atomic E-state index is -0.388. The molecule has 1 aromatic heterocycles. The SMILES string of the molecule is CC(C)COC[C@@H](O)CN1CCc2sccc2[C@H]1C. The summed E-state index contributed by atoms with van der Waals surface area (Å²) >= 11 is 1.85. The fraction of sp³-hybridized carbons (Fsp3) is 0.733. The van der Waals surface area contributed by atoms with Crippen LogP contribution in [0.1, 0.15) is 37.3 Å². The van der Waals surface area contributed by atoms with Crippen LogP contribution in [0.4, 0.5) is 0 Å². The molecule has 2 rings (SSSR count). The van der Waals surface area contributed by atoms with E-state index in [0.29, 0.717) is 25.1 Å². The third-order valence-electron chi connectivity index (χ3n) is 3.61. The van der Waals surface area contributed by atoms with Gasteiger partial charge in [0.15, 0.2) is 0 Å². The quantitative estimate of drug-likeness (QED) is 0.871. The molecule has 2 heterocycles. The van der Waals surface area contributed by atoms with Crippen LogP contribution in [-0.4, -0.2) is 42.4 Å². The number of fused-ring (bicyclic) bond motifs is 1. The number of hydrogen-bond donors (Lipinski definition) is 1. The van der Waals surface area contributed by atoms with Crippen molar-refractivity contribution < 1.29 is 9.84 Å². The van der Waals surface area contributed by atoms with Gasteiger partial charge in [0.25, 0.3) is 0 Å². The number of β-amino-alcohol motifs (C(OH)–C–C–N with tert-alkyl or cyclic N) is 1. The van der Waals surface area contributed by atoms with Gasteiger partial charge in [0.05, 0.1) is 12.7 Å². The van der Waals surface area contributed by atoms with Crippen molar-refractivity contribution in [3.05, 3.63) is 21.9 Å². The van der Waals surface area contributed by atoms with Crippen molar-refractivity contribution in [2.24, 2.45) is 5.92 Å². The van der Waals surface area contributed by atoms with Crippen molar-refractivity contribution in [1.29, 1.82) is 0 Å². The van der Waals surface area contributed by atoms with Gasteiger partial charge < -0.3 is 9.84 Å². The van der Waals surface area contributed by atoms with E-state index in [-0.39, 0.29) is 6.10 Å². The van der Waals surface area contributed by atoms with E-state index in [1.165, 1.54) is 10.4 Å². The summed E-state index contributed by atoms with van der Waals surface area (Å²) in [4.78, 5) is 3.87. The zero-order chi connectivity index (χ0) is 13.8. The number of aliphatic hydroxyl groups excluding tert-OH is 1. The molecule has 0 aliphatic carbocycles. The molecular formula is C15H25NO2S. The van der Waals surface area contributed by atoms with E-state index in [0.717, 1.165) is 19.6 Å². The lowest BCUT2D eigenvalue weighted by Gasteiger charge is -2.34. The fourth-order valence-electron chi connectivity index (χ4n) is 2.57. The molecule has 0 amide bonds. The number of ether oxygens (including phenoxy) is 1. The van der Waals surface area contributed by atoms with Gasteiger partial charge in [-0.05, 0) is 36.3 Å². The molecule has 0 unspecified atom stereocenters. The van der Waals surface area contributed by atoms with Gasteiger partial charge in [0, 0.05) is 30.6 Å². The molecule has 1 aliphatic heterocycles. The van der Waals surface area contributed by atoms with Gasteiger partial charge in [-0.25, -0.2) is 0 Å². The Morgan fingerprint density at radius 3 is 3.00 bits per heavy atom. The summed E-state index contributed by atoms with van der Waals surface area (Å²) in [5.74, 6) is 0.523. The predicted octanol–water partition coefficient (Wildman–Crippen LogP) is 2.70. The molecule has 0 fully saturated rings. The number of hydrogen-bond acceptors (Lipinski definition) is 4. The Balaban J connectivity index is 1.80. The van der Waals surface area contributed by atoms with Gasteiger partial charge in [0.1, 0.15) is 0 Å². The van der Waals surface area contributed by atoms with Gasteiger partial charge >= 0.3 is 0 Å². The monoisotopic (exact) mass is 283 g/mol. The highest BCUT2D eigenvalue weighted by atomic mass is 32.1. The maximum absolute atomic E-state index is 10.1. The van der Waals surface area contributed by atoms with Crippen LogP contribution in [0.5, 0.6) is 0 Å². The molecule has 1 N–H and O–H groups in total. The van der Waals surface area contributed by atoms with E-state index in [1.54, 1.807) is 0 Å². The van der Waals surface area contributed by atoms with Crippen molar-refractivity contribution in [2.75, 3.05) is 26.3 Å². The maximum Gasteiger partial charge on any atom is 0.0900 e. The first kappa shape index (κ1) is 15.0. The average Bonchev–Trinajstić information content (AvgIpc) is 2.81. The van der Waals surface area contributed by atoms with Crippen LogP contribution in [0.15, 0.2) is 11.4 Å². The second-order valence-corrected chi connectivity index (χ2v) is 6.81. The second-order valence-electron chi connectivity index (χ2n) is 5.81. The molecule has 108 valence electrons. The second kappa shape index (κ2) is 6.84. The van der Waals surface area contributed by atoms with Crippen molar-refractivity contribution >= 4 is 11.3 Å². The Bertz CT molecular complexity index is 391. The Morgan fingerprint density at radius 2 is 2.26 bits per heavy atom. The number of rotatable bonds is 6. The molecule has 3 nitrogen and oxygen atoms in total. The maximum atomic E-state index is 10.1. The van der Waals surface area contributed by atoms with Crippen molar-refractivity contribution in [3.63, 3.8) is 0 Å². The minimum absolute atomic E-state index is 0.388. The number of aliphatic hydroxyl groups is 1. The van der Waals surface area contributed by atoms with Crippen LogP contribution in [0.3, 0.4) is 0 Å². The topological polar surface area (TPSA) is 32.7 Å². The lowest BCUT2D eigenvalue weighted by molar-refractivity contribution is 0.000889. The molecule has 1 aliphatic rings. The third-order valence-corrected chi connectivity index (χ3v) is 4.61. The lowest BCUT2D eigenvalue weighted by atomic mass is 10.0. The fourth-order valence-corrected chi connectivity index (χ4v) is 3.54. The molecule has 0 radical (unpaired) electrons. The zero-order valence-corrected chi connectivity index (χ0v) is 12.9. The third kappa shape index (κ3) is 4.02. The van der Waals surface area contributed by atoms with Crippen LogP contribution in [-0.2, 0) is 11.2 Å². The number of thiophene rings is 1. The molecule has 0 aromatic carbocycles. The van der Waals surface area contributed by atoms with Crippen molar-refractivity contribution in [2.45, 2.75) is 39.3 Å². The van der Waals surface area contributed by atoms with E-state index in [9.17, 15) is 5.11 Å². The first-order valence-corrected chi connectivity index (χ1v) is 8.02. The highest BCUT2D eigenvalue weighted by molar-refractivity contribution is 7.10. The van der Waals surface area contributed by atoms with Crippen molar-refractivity contribution in [1.82, 2.24) is 4.90 Å². The average molecular weight is 283 g/mol. The molecule has 1 aromatic rings. The summed E-state index contributed by atoms with van der Waals surface area (Å²) in [6.07, 6.45) is 0.720. The minimum Gasteiger partial charge on any atom is -0.389 e. The first-order valence-electron chi connectivity index (χ1n) is 7.14. The van der Waals surface area contributed by atoms with Crippen molar-refractivity contribution in [3.8, 4) is 0 Å². The van der Waals surface area contributed by atoms with E-state index < -0.39 is 0 Å². The molecule has 0 bridgehead atoms. The molecule has 0 saturated heterocycles. The summed E-state index contributed by atoms with van der Waals surface area (Å²) < 4.78 is 5.51. The molecule has 2 atom stereocenters. The van der Waals surface area contributed by atoms with Crippen LogP contribution in [0.2, 0.25) is 0 Å². The number of nitrogens with zero attached hydrogens (tertiary/aromatic N) is 1. The van der Waals surface area contributed by atoms with Crippen LogP contribution in [0.25, 0.3) is 0 Å². The largest absolute Gasteiger partial charge is 0.389 e. The van der Waals surface area contributed by atoms with E-state index >= 15 is 0 Å². The van der Waals surface area contributed by atoms with E-state index in [1.807, 2.05) is 11.3 Å². The highest BCUT2D eigenvalue weighted by Crippen LogP contribution is 2.32. The summed E-state index contributed by atoms with van der Waals surface area (Å²) in [5.41, 5.74) is 1.44. The molecule has 0 spiro atoms. The van der Waals surface area contributed by atoms with Crippen LogP contribution >= 0.6 is 11.3 Å². The van der Waals surface area contributed by atoms with E-state index in [4.69, 9.17) is 4.74 Å². The zero-order valence-electron chi connectivity index (χ0n) is 12.1. The predicted molar refractivity (Wildman–Crippen MR) is 79.7 cm³/mol. The van der Waals surface area contributed by atoms with Gasteiger partial charge in [0.2, 0.25) is 0 Å². The van der Waals surface area contributed by atoms with E-state index in [2.05, 4.69) is 37.1 Å². The Labute approximate surface area is 120 Å². The van der Waals surface area contributed by atoms with Crippen LogP contribution < -0.4 is 0 Å².